The molecule has 1 rings (SSSR count). The van der Waals surface area contributed by atoms with E-state index in [0.717, 1.165) is 13.0 Å². The summed E-state index contributed by atoms with van der Waals surface area (Å²) in [6.07, 6.45) is 0.732. The average molecular weight is 276 g/mol. The molecule has 7 heteroatoms. The Morgan fingerprint density at radius 3 is 2.61 bits per heavy atom. The van der Waals surface area contributed by atoms with Crippen LogP contribution in [0.15, 0.2) is 15.4 Å². The van der Waals surface area contributed by atoms with E-state index in [0.29, 0.717) is 12.3 Å². The first-order chi connectivity index (χ1) is 8.36. The largest absolute Gasteiger partial charge is 0.462 e. The molecule has 18 heavy (non-hydrogen) atoms. The fourth-order valence-electron chi connectivity index (χ4n) is 1.55. The molecule has 0 unspecified atom stereocenters. The molecule has 0 amide bonds. The summed E-state index contributed by atoms with van der Waals surface area (Å²) >= 11 is 0. The molecule has 0 fully saturated rings. The monoisotopic (exact) mass is 276 g/mol. The van der Waals surface area contributed by atoms with Crippen LogP contribution in [-0.4, -0.2) is 45.6 Å². The van der Waals surface area contributed by atoms with Gasteiger partial charge in [0.2, 0.25) is 10.0 Å². The van der Waals surface area contributed by atoms with Gasteiger partial charge in [-0.2, -0.15) is 0 Å². The molecule has 1 aromatic heterocycles. The minimum atomic E-state index is -3.55. The average Bonchev–Trinajstić information content (AvgIpc) is 2.66. The number of aliphatic hydroxyl groups excluding tert-OH is 1. The van der Waals surface area contributed by atoms with Crippen LogP contribution < -0.4 is 4.72 Å². The Balaban J connectivity index is 2.65. The lowest BCUT2D eigenvalue weighted by Gasteiger charge is -2.09. The maximum Gasteiger partial charge on any atom is 0.244 e. The number of nitrogens with zero attached hydrogens (tertiary/aromatic N) is 1. The van der Waals surface area contributed by atoms with E-state index in [4.69, 9.17) is 9.52 Å². The summed E-state index contributed by atoms with van der Waals surface area (Å²) in [6.45, 7) is 2.44. The molecule has 0 saturated carbocycles. The highest BCUT2D eigenvalue weighted by Crippen LogP contribution is 2.19. The zero-order valence-corrected chi connectivity index (χ0v) is 11.7. The van der Waals surface area contributed by atoms with Crippen molar-refractivity contribution in [2.24, 2.45) is 0 Å². The third kappa shape index (κ3) is 4.09. The van der Waals surface area contributed by atoms with Crippen molar-refractivity contribution in [1.29, 1.82) is 0 Å². The molecular weight excluding hydrogens is 256 g/mol. The molecule has 0 saturated heterocycles. The molecule has 1 aromatic rings. The molecule has 0 aromatic carbocycles. The van der Waals surface area contributed by atoms with E-state index in [9.17, 15) is 8.42 Å². The van der Waals surface area contributed by atoms with Gasteiger partial charge in [-0.25, -0.2) is 13.1 Å². The smallest absolute Gasteiger partial charge is 0.244 e. The van der Waals surface area contributed by atoms with Crippen LogP contribution in [0.25, 0.3) is 0 Å². The molecule has 2 N–H and O–H groups in total. The predicted molar refractivity (Wildman–Crippen MR) is 67.7 cm³/mol. The minimum Gasteiger partial charge on any atom is -0.462 e. The van der Waals surface area contributed by atoms with Crippen molar-refractivity contribution >= 4 is 10.0 Å². The summed E-state index contributed by atoms with van der Waals surface area (Å²) in [5, 5.41) is 8.90. The first-order valence-electron chi connectivity index (χ1n) is 5.71. The second-order valence-electron chi connectivity index (χ2n) is 4.35. The van der Waals surface area contributed by atoms with E-state index in [-0.39, 0.29) is 17.3 Å². The Labute approximate surface area is 108 Å². The lowest BCUT2D eigenvalue weighted by atomic mass is 10.4. The van der Waals surface area contributed by atoms with Gasteiger partial charge in [0, 0.05) is 12.6 Å². The van der Waals surface area contributed by atoms with Gasteiger partial charge >= 0.3 is 0 Å². The van der Waals surface area contributed by atoms with Crippen LogP contribution in [-0.2, 0) is 16.6 Å². The second kappa shape index (κ2) is 6.33. The zero-order chi connectivity index (χ0) is 13.8. The van der Waals surface area contributed by atoms with E-state index in [1.54, 1.807) is 6.92 Å². The molecule has 0 radical (unpaired) electrons. The maximum atomic E-state index is 12.0. The maximum absolute atomic E-state index is 12.0. The van der Waals surface area contributed by atoms with Gasteiger partial charge in [-0.3, -0.25) is 0 Å². The fraction of sp³-hybridized carbons (Fsp3) is 0.636. The number of aryl methyl sites for hydroxylation is 1. The molecule has 0 spiro atoms. The number of rotatable bonds is 7. The molecular formula is C11H20N2O4S. The Morgan fingerprint density at radius 2 is 2.11 bits per heavy atom. The lowest BCUT2D eigenvalue weighted by molar-refractivity contribution is 0.244. The van der Waals surface area contributed by atoms with Crippen LogP contribution >= 0.6 is 0 Å². The third-order valence-corrected chi connectivity index (χ3v) is 4.01. The molecule has 1 heterocycles. The molecule has 104 valence electrons. The van der Waals surface area contributed by atoms with Crippen LogP contribution in [0, 0.1) is 6.92 Å². The second-order valence-corrected chi connectivity index (χ2v) is 6.08. The van der Waals surface area contributed by atoms with E-state index in [2.05, 4.69) is 4.72 Å². The Kier molecular flexibility index (Phi) is 5.33. The quantitative estimate of drug-likeness (QED) is 0.700. The lowest BCUT2D eigenvalue weighted by Crippen LogP contribution is -2.27. The summed E-state index contributed by atoms with van der Waals surface area (Å²) in [4.78, 5) is 2.08. The number of aliphatic hydroxyl groups is 1. The molecule has 6 nitrogen and oxygen atoms in total. The normalized spacial score (nSPS) is 12.3. The fourth-order valence-corrected chi connectivity index (χ4v) is 2.82. The summed E-state index contributed by atoms with van der Waals surface area (Å²) in [5.74, 6) is 0.542. The van der Waals surface area contributed by atoms with Crippen molar-refractivity contribution in [3.63, 3.8) is 0 Å². The Morgan fingerprint density at radius 1 is 1.44 bits per heavy atom. The summed E-state index contributed by atoms with van der Waals surface area (Å²) < 4.78 is 31.6. The number of sulfonamides is 1. The van der Waals surface area contributed by atoms with Gasteiger partial charge in [-0.1, -0.05) is 0 Å². The zero-order valence-electron chi connectivity index (χ0n) is 10.9. The standard InChI is InChI=1S/C11H20N2O4S/c1-9-11(7-10(8-14)17-9)18(15,16)12-5-4-6-13(2)3/h7,12,14H,4-6,8H2,1-3H3. The number of hydrogen-bond donors (Lipinski definition) is 2. The van der Waals surface area contributed by atoms with E-state index < -0.39 is 10.0 Å². The van der Waals surface area contributed by atoms with E-state index in [1.807, 2.05) is 19.0 Å². The number of hydrogen-bond acceptors (Lipinski definition) is 5. The van der Waals surface area contributed by atoms with Gasteiger partial charge in [0.1, 0.15) is 23.0 Å². The van der Waals surface area contributed by atoms with Crippen LogP contribution in [0.1, 0.15) is 17.9 Å². The topological polar surface area (TPSA) is 82.8 Å². The van der Waals surface area contributed by atoms with Gasteiger partial charge < -0.3 is 14.4 Å². The minimum absolute atomic E-state index is 0.0939. The van der Waals surface area contributed by atoms with Crippen molar-refractivity contribution in [2.45, 2.75) is 24.8 Å². The van der Waals surface area contributed by atoms with Gasteiger partial charge in [0.15, 0.2) is 0 Å². The Bertz CT molecular complexity index is 479. The summed E-state index contributed by atoms with van der Waals surface area (Å²) in [6, 6.07) is 1.35. The SMILES string of the molecule is Cc1oc(CO)cc1S(=O)(=O)NCCCN(C)C. The van der Waals surface area contributed by atoms with Crippen molar-refractivity contribution in [1.82, 2.24) is 9.62 Å². The first kappa shape index (κ1) is 15.2. The van der Waals surface area contributed by atoms with Crippen molar-refractivity contribution in [2.75, 3.05) is 27.2 Å². The van der Waals surface area contributed by atoms with Gasteiger partial charge in [-0.15, -0.1) is 0 Å². The Hall–Kier alpha value is -0.890. The van der Waals surface area contributed by atoms with E-state index in [1.165, 1.54) is 6.07 Å². The molecule has 0 atom stereocenters. The van der Waals surface area contributed by atoms with Crippen molar-refractivity contribution < 1.29 is 17.9 Å². The molecule has 0 aliphatic heterocycles. The van der Waals surface area contributed by atoms with Crippen LogP contribution in [0.5, 0.6) is 0 Å². The highest BCUT2D eigenvalue weighted by atomic mass is 32.2. The molecule has 0 aliphatic carbocycles. The van der Waals surface area contributed by atoms with Crippen LogP contribution in [0.2, 0.25) is 0 Å². The molecule has 0 aliphatic rings. The van der Waals surface area contributed by atoms with E-state index >= 15 is 0 Å². The highest BCUT2D eigenvalue weighted by molar-refractivity contribution is 7.89. The number of furan rings is 1. The van der Waals surface area contributed by atoms with Crippen LogP contribution in [0.4, 0.5) is 0 Å². The number of nitrogens with one attached hydrogen (secondary N) is 1. The first-order valence-corrected chi connectivity index (χ1v) is 7.19. The van der Waals surface area contributed by atoms with Gasteiger partial charge in [-0.05, 0) is 34.0 Å². The van der Waals surface area contributed by atoms with Gasteiger partial charge in [0.25, 0.3) is 0 Å². The predicted octanol–water partition coefficient (Wildman–Crippen LogP) is 0.310. The molecule has 0 bridgehead atoms. The van der Waals surface area contributed by atoms with Crippen molar-refractivity contribution in [3.05, 3.63) is 17.6 Å². The van der Waals surface area contributed by atoms with Crippen LogP contribution in [0.3, 0.4) is 0 Å². The third-order valence-electron chi connectivity index (χ3n) is 2.44. The van der Waals surface area contributed by atoms with Gasteiger partial charge in [0.05, 0.1) is 0 Å². The van der Waals surface area contributed by atoms with Crippen molar-refractivity contribution in [3.8, 4) is 0 Å². The summed E-state index contributed by atoms with van der Waals surface area (Å²) in [7, 11) is 0.314. The summed E-state index contributed by atoms with van der Waals surface area (Å²) in [5.41, 5.74) is 0. The highest BCUT2D eigenvalue weighted by Gasteiger charge is 2.20.